The average Bonchev–Trinajstić information content (AvgIpc) is 3.23. The van der Waals surface area contributed by atoms with Crippen molar-refractivity contribution in [3.8, 4) is 11.3 Å². The third kappa shape index (κ3) is 6.50. The van der Waals surface area contributed by atoms with Gasteiger partial charge in [0.15, 0.2) is 0 Å². The molecule has 1 heterocycles. The molecule has 53 heavy (non-hydrogen) atoms. The van der Waals surface area contributed by atoms with Crippen LogP contribution in [-0.2, 0) is 24.7 Å². The second-order valence-corrected chi connectivity index (χ2v) is 15.7. The summed E-state index contributed by atoms with van der Waals surface area (Å²) in [6, 6.07) is 72.3. The second-order valence-electron chi connectivity index (χ2n) is 12.9. The Balaban J connectivity index is 0.000000164. The van der Waals surface area contributed by atoms with Crippen molar-refractivity contribution in [2.24, 2.45) is 0 Å². The molecule has 0 bridgehead atoms. The first kappa shape index (κ1) is 34.4. The molecule has 0 aliphatic heterocycles. The van der Waals surface area contributed by atoms with Crippen LogP contribution in [0.2, 0.25) is 0 Å². The Kier molecular flexibility index (Phi) is 9.57. The van der Waals surface area contributed by atoms with Gasteiger partial charge in [-0.15, -0.1) is 52.7 Å². The predicted molar refractivity (Wildman–Crippen MR) is 221 cm³/mol. The number of pyridine rings is 1. The molecule has 0 amide bonds. The molecule has 0 saturated heterocycles. The molecule has 10 rings (SSSR count). The van der Waals surface area contributed by atoms with Gasteiger partial charge in [0, 0.05) is 36.1 Å². The third-order valence-electron chi connectivity index (χ3n) is 9.77. The molecule has 0 unspecified atom stereocenters. The van der Waals surface area contributed by atoms with E-state index in [1.54, 1.807) is 0 Å². The summed E-state index contributed by atoms with van der Waals surface area (Å²) in [4.78, 5) is 4.84. The summed E-state index contributed by atoms with van der Waals surface area (Å²) in [5.74, 6) is 0. The minimum absolute atomic E-state index is 0. The summed E-state index contributed by atoms with van der Waals surface area (Å²) in [5, 5.41) is 12.6. The number of hydrogen-bond acceptors (Lipinski definition) is 2. The number of rotatable bonds is 4. The van der Waals surface area contributed by atoms with Crippen molar-refractivity contribution in [2.75, 3.05) is 0 Å². The van der Waals surface area contributed by atoms with Crippen LogP contribution in [0.5, 0.6) is 0 Å². The van der Waals surface area contributed by atoms with Gasteiger partial charge in [-0.3, -0.25) is 4.98 Å². The summed E-state index contributed by atoms with van der Waals surface area (Å²) in [6.07, 6.45) is 0. The molecule has 255 valence electrons. The van der Waals surface area contributed by atoms with Gasteiger partial charge < -0.3 is 4.57 Å². The first-order valence-corrected chi connectivity index (χ1v) is 19.1. The Labute approximate surface area is 322 Å². The van der Waals surface area contributed by atoms with Crippen LogP contribution < -0.4 is 15.9 Å². The fourth-order valence-corrected chi connectivity index (χ4v) is 9.75. The van der Waals surface area contributed by atoms with E-state index < -0.39 is 7.14 Å². The molecular weight excluding hydrogens is 842 g/mol. The van der Waals surface area contributed by atoms with Crippen molar-refractivity contribution >= 4 is 77.0 Å². The van der Waals surface area contributed by atoms with Gasteiger partial charge in [-0.05, 0) is 56.2 Å². The van der Waals surface area contributed by atoms with Crippen molar-refractivity contribution in [2.45, 2.75) is 0 Å². The maximum Gasteiger partial charge on any atom is 0.147 e. The van der Waals surface area contributed by atoms with E-state index in [1.807, 2.05) is 84.9 Å². The van der Waals surface area contributed by atoms with E-state index in [0.29, 0.717) is 0 Å². The first-order valence-electron chi connectivity index (χ1n) is 17.4. The standard InChI is InChI=1S/C30H20OP.C19H12N.Ir/c31-32(28-16-13-22-7-1-4-10-25(22)19-28,29-17-14-23-8-2-5-11-26(23)20-29)30-18-15-24-9-3-6-12-27(24)21-30;1-2-8-14(9-3-1)19-17-12-5-4-10-15(17)16-11-6-7-13-18(16)20-19;/h1-17,19-21H;1-8,10-13H;/q2*-1;. The predicted octanol–water partition coefficient (Wildman–Crippen LogP) is 11.4. The molecule has 0 aliphatic rings. The third-order valence-corrected chi connectivity index (χ3v) is 12.7. The van der Waals surface area contributed by atoms with E-state index in [0.717, 1.165) is 65.0 Å². The van der Waals surface area contributed by atoms with Gasteiger partial charge in [-0.2, -0.15) is 18.2 Å². The van der Waals surface area contributed by atoms with Crippen LogP contribution >= 0.6 is 7.14 Å². The van der Waals surface area contributed by atoms with Crippen LogP contribution in [0.1, 0.15) is 0 Å². The minimum atomic E-state index is -3.15. The number of hydrogen-bond donors (Lipinski definition) is 0. The topological polar surface area (TPSA) is 30.0 Å². The Bertz CT molecular complexity index is 2760. The van der Waals surface area contributed by atoms with Crippen molar-refractivity contribution in [1.82, 2.24) is 4.98 Å². The molecular formula is C49H32IrNOP-2. The van der Waals surface area contributed by atoms with Gasteiger partial charge in [0.25, 0.3) is 0 Å². The molecule has 0 fully saturated rings. The van der Waals surface area contributed by atoms with Gasteiger partial charge in [0.2, 0.25) is 0 Å². The number of para-hydroxylation sites is 1. The van der Waals surface area contributed by atoms with Gasteiger partial charge >= 0.3 is 0 Å². The Hall–Kier alpha value is -5.69. The summed E-state index contributed by atoms with van der Waals surface area (Å²) in [5.41, 5.74) is 3.06. The summed E-state index contributed by atoms with van der Waals surface area (Å²) >= 11 is 0. The van der Waals surface area contributed by atoms with Gasteiger partial charge in [-0.25, -0.2) is 0 Å². The van der Waals surface area contributed by atoms with Crippen LogP contribution in [0, 0.1) is 12.1 Å². The average molecular weight is 874 g/mol. The van der Waals surface area contributed by atoms with E-state index in [4.69, 9.17) is 4.98 Å². The monoisotopic (exact) mass is 874 g/mol. The molecule has 0 atom stereocenters. The van der Waals surface area contributed by atoms with Crippen molar-refractivity contribution in [3.05, 3.63) is 206 Å². The van der Waals surface area contributed by atoms with Crippen LogP contribution in [0.25, 0.3) is 65.3 Å². The van der Waals surface area contributed by atoms with Crippen LogP contribution in [0.4, 0.5) is 0 Å². The number of nitrogens with zero attached hydrogens (tertiary/aromatic N) is 1. The normalized spacial score (nSPS) is 11.3. The van der Waals surface area contributed by atoms with Crippen molar-refractivity contribution in [3.63, 3.8) is 0 Å². The van der Waals surface area contributed by atoms with Gasteiger partial charge in [0.1, 0.15) is 7.14 Å². The van der Waals surface area contributed by atoms with E-state index in [2.05, 4.69) is 121 Å². The second kappa shape index (κ2) is 14.7. The van der Waals surface area contributed by atoms with Crippen LogP contribution in [0.15, 0.2) is 194 Å². The number of aromatic nitrogens is 1. The smallest absolute Gasteiger partial charge is 0.147 e. The zero-order valence-electron chi connectivity index (χ0n) is 28.6. The molecule has 0 N–H and O–H groups in total. The van der Waals surface area contributed by atoms with E-state index in [9.17, 15) is 0 Å². The summed E-state index contributed by atoms with van der Waals surface area (Å²) in [7, 11) is -3.15. The molecule has 4 heteroatoms. The maximum atomic E-state index is 15.1. The molecule has 1 radical (unpaired) electrons. The molecule has 0 aliphatic carbocycles. The fourth-order valence-electron chi connectivity index (χ4n) is 7.12. The van der Waals surface area contributed by atoms with Gasteiger partial charge in [0.05, 0.1) is 5.52 Å². The van der Waals surface area contributed by atoms with E-state index >= 15 is 4.57 Å². The van der Waals surface area contributed by atoms with E-state index in [1.165, 1.54) is 16.2 Å². The van der Waals surface area contributed by atoms with E-state index in [-0.39, 0.29) is 20.1 Å². The minimum Gasteiger partial charge on any atom is -0.311 e. The summed E-state index contributed by atoms with van der Waals surface area (Å²) < 4.78 is 15.1. The SMILES string of the molecule is O=P(c1[c-]cc2ccccc2c1)(c1ccc2ccccc2c1)c1ccc2ccccc2c1.[Ir].[c-]1ccccc1-c1nc2ccccc2c2ccccc12. The van der Waals surface area contributed by atoms with Gasteiger partial charge in [-0.1, -0.05) is 139 Å². The summed E-state index contributed by atoms with van der Waals surface area (Å²) in [6.45, 7) is 0. The molecule has 1 aromatic heterocycles. The Morgan fingerprint density at radius 2 is 0.943 bits per heavy atom. The van der Waals surface area contributed by atoms with Crippen LogP contribution in [-0.4, -0.2) is 4.98 Å². The number of fused-ring (bicyclic) bond motifs is 6. The van der Waals surface area contributed by atoms with Crippen molar-refractivity contribution in [1.29, 1.82) is 0 Å². The molecule has 0 spiro atoms. The Morgan fingerprint density at radius 3 is 1.57 bits per heavy atom. The first-order chi connectivity index (χ1) is 25.6. The largest absolute Gasteiger partial charge is 0.311 e. The molecule has 9 aromatic carbocycles. The quantitative estimate of drug-likeness (QED) is 0.100. The van der Waals surface area contributed by atoms with Crippen molar-refractivity contribution < 1.29 is 24.7 Å². The molecule has 2 nitrogen and oxygen atoms in total. The molecule has 10 aromatic rings. The fraction of sp³-hybridized carbons (Fsp3) is 0. The Morgan fingerprint density at radius 1 is 0.434 bits per heavy atom. The zero-order valence-corrected chi connectivity index (χ0v) is 31.9. The number of benzene rings is 9. The zero-order chi connectivity index (χ0) is 34.9. The van der Waals surface area contributed by atoms with Crippen LogP contribution in [0.3, 0.4) is 0 Å². The maximum absolute atomic E-state index is 15.1. The molecule has 0 saturated carbocycles.